The molecule has 0 spiro atoms. The molecule has 0 saturated carbocycles. The first-order valence-corrected chi connectivity index (χ1v) is 7.83. The molecule has 0 aromatic heterocycles. The standard InChI is InChI=1S/C7H12O3.C6H10O3.C4H6O2/c1-5(2)7(9)10-4-6(3)8;1(5-3-8-5)7-2-6-4-9-6;1-3(2)4(5)6/h6,8H,1,4H2,2-3H3;5-6H,1-4H2;1H2,2H3,(H,5,6). The molecule has 2 rings (SSSR count). The van der Waals surface area contributed by atoms with Crippen molar-refractivity contribution >= 4 is 11.9 Å². The number of hydrogen-bond donors (Lipinski definition) is 2. The largest absolute Gasteiger partial charge is 0.478 e. The molecule has 2 aliphatic rings. The Morgan fingerprint density at radius 3 is 1.76 bits per heavy atom. The Hall–Kier alpha value is -1.74. The minimum Gasteiger partial charge on any atom is -0.478 e. The minimum atomic E-state index is -0.935. The van der Waals surface area contributed by atoms with Gasteiger partial charge in [0.15, 0.2) is 0 Å². The van der Waals surface area contributed by atoms with E-state index in [0.29, 0.717) is 17.8 Å². The van der Waals surface area contributed by atoms with Crippen LogP contribution in [0.4, 0.5) is 0 Å². The van der Waals surface area contributed by atoms with Crippen molar-refractivity contribution in [2.45, 2.75) is 39.1 Å². The van der Waals surface area contributed by atoms with Crippen molar-refractivity contribution in [1.29, 1.82) is 0 Å². The average molecular weight is 360 g/mol. The van der Waals surface area contributed by atoms with Crippen molar-refractivity contribution < 1.29 is 38.7 Å². The van der Waals surface area contributed by atoms with Crippen LogP contribution < -0.4 is 0 Å². The van der Waals surface area contributed by atoms with E-state index in [-0.39, 0.29) is 12.2 Å². The van der Waals surface area contributed by atoms with Gasteiger partial charge in [0.1, 0.15) is 18.8 Å². The fraction of sp³-hybridized carbons (Fsp3) is 0.647. The topological polar surface area (TPSA) is 118 Å². The second-order valence-corrected chi connectivity index (χ2v) is 5.76. The smallest absolute Gasteiger partial charge is 0.333 e. The fourth-order valence-corrected chi connectivity index (χ4v) is 0.979. The molecule has 25 heavy (non-hydrogen) atoms. The van der Waals surface area contributed by atoms with Crippen molar-refractivity contribution in [3.8, 4) is 0 Å². The molecule has 2 aliphatic heterocycles. The number of rotatable bonds is 8. The Morgan fingerprint density at radius 1 is 1.12 bits per heavy atom. The van der Waals surface area contributed by atoms with Gasteiger partial charge in [-0.05, 0) is 20.8 Å². The summed E-state index contributed by atoms with van der Waals surface area (Å²) in [4.78, 5) is 20.2. The lowest BCUT2D eigenvalue weighted by Gasteiger charge is -2.04. The summed E-state index contributed by atoms with van der Waals surface area (Å²) in [7, 11) is 0. The van der Waals surface area contributed by atoms with Crippen LogP contribution in [0.3, 0.4) is 0 Å². The summed E-state index contributed by atoms with van der Waals surface area (Å²) in [5, 5.41) is 16.6. The lowest BCUT2D eigenvalue weighted by Crippen LogP contribution is -2.15. The number of epoxide rings is 2. The van der Waals surface area contributed by atoms with Gasteiger partial charge in [-0.15, -0.1) is 0 Å². The normalized spacial score (nSPS) is 20.6. The van der Waals surface area contributed by atoms with Crippen molar-refractivity contribution in [3.63, 3.8) is 0 Å². The second kappa shape index (κ2) is 12.6. The van der Waals surface area contributed by atoms with Gasteiger partial charge in [0.2, 0.25) is 0 Å². The molecule has 2 heterocycles. The van der Waals surface area contributed by atoms with E-state index in [4.69, 9.17) is 24.4 Å². The number of aliphatic carboxylic acids is 1. The van der Waals surface area contributed by atoms with Crippen LogP contribution in [0.2, 0.25) is 0 Å². The van der Waals surface area contributed by atoms with Gasteiger partial charge in [0, 0.05) is 11.1 Å². The van der Waals surface area contributed by atoms with Gasteiger partial charge in [-0.2, -0.15) is 0 Å². The van der Waals surface area contributed by atoms with Crippen molar-refractivity contribution in [2.24, 2.45) is 0 Å². The van der Waals surface area contributed by atoms with Crippen LogP contribution in [0.15, 0.2) is 24.3 Å². The van der Waals surface area contributed by atoms with Gasteiger partial charge in [-0.25, -0.2) is 9.59 Å². The summed E-state index contributed by atoms with van der Waals surface area (Å²) in [5.41, 5.74) is 0.524. The highest BCUT2D eigenvalue weighted by atomic mass is 16.6. The van der Waals surface area contributed by atoms with Crippen LogP contribution in [-0.4, -0.2) is 73.5 Å². The summed E-state index contributed by atoms with van der Waals surface area (Å²) in [6.07, 6.45) is 0.177. The van der Waals surface area contributed by atoms with E-state index in [1.807, 2.05) is 0 Å². The maximum absolute atomic E-state index is 10.6. The third kappa shape index (κ3) is 16.9. The molecule has 144 valence electrons. The molecule has 0 amide bonds. The van der Waals surface area contributed by atoms with Gasteiger partial charge in [-0.3, -0.25) is 0 Å². The van der Waals surface area contributed by atoms with E-state index >= 15 is 0 Å². The maximum atomic E-state index is 10.6. The predicted octanol–water partition coefficient (Wildman–Crippen LogP) is 0.934. The molecule has 8 heteroatoms. The van der Waals surface area contributed by atoms with Gasteiger partial charge >= 0.3 is 11.9 Å². The average Bonchev–Trinajstić information content (AvgIpc) is 3.40. The zero-order valence-corrected chi connectivity index (χ0v) is 15.0. The molecule has 0 aromatic carbocycles. The van der Waals surface area contributed by atoms with Crippen LogP contribution in [-0.2, 0) is 28.5 Å². The molecule has 3 atom stereocenters. The van der Waals surface area contributed by atoms with Crippen LogP contribution in [0.25, 0.3) is 0 Å². The Balaban J connectivity index is 0.000000357. The third-order valence-corrected chi connectivity index (χ3v) is 2.58. The summed E-state index contributed by atoms with van der Waals surface area (Å²) >= 11 is 0. The van der Waals surface area contributed by atoms with E-state index in [9.17, 15) is 9.59 Å². The monoisotopic (exact) mass is 360 g/mol. The lowest BCUT2D eigenvalue weighted by atomic mass is 10.3. The first kappa shape index (κ1) is 23.3. The van der Waals surface area contributed by atoms with Crippen LogP contribution in [0.5, 0.6) is 0 Å². The van der Waals surface area contributed by atoms with E-state index in [2.05, 4.69) is 17.9 Å². The number of carboxylic acids is 1. The molecule has 0 bridgehead atoms. The SMILES string of the molecule is C(OCC1CO1)C1CO1.C=C(C)C(=O)O.C=C(C)C(=O)OCC(C)O. The van der Waals surface area contributed by atoms with Crippen LogP contribution in [0, 0.1) is 0 Å². The quantitative estimate of drug-likeness (QED) is 0.373. The van der Waals surface area contributed by atoms with E-state index in [0.717, 1.165) is 26.4 Å². The zero-order valence-electron chi connectivity index (χ0n) is 15.0. The maximum Gasteiger partial charge on any atom is 0.333 e. The number of carbonyl (C=O) groups excluding carboxylic acids is 1. The Morgan fingerprint density at radius 2 is 1.52 bits per heavy atom. The predicted molar refractivity (Wildman–Crippen MR) is 90.2 cm³/mol. The molecule has 0 radical (unpaired) electrons. The molecular formula is C17H28O8. The number of carboxylic acid groups (broad SMARTS) is 1. The molecule has 0 aromatic rings. The van der Waals surface area contributed by atoms with Crippen LogP contribution in [0.1, 0.15) is 20.8 Å². The lowest BCUT2D eigenvalue weighted by molar-refractivity contribution is -0.141. The first-order valence-electron chi connectivity index (χ1n) is 7.83. The highest BCUT2D eigenvalue weighted by Gasteiger charge is 2.26. The number of ether oxygens (including phenoxy) is 4. The highest BCUT2D eigenvalue weighted by molar-refractivity contribution is 5.86. The molecule has 0 aliphatic carbocycles. The van der Waals surface area contributed by atoms with E-state index < -0.39 is 18.0 Å². The second-order valence-electron chi connectivity index (χ2n) is 5.76. The molecule has 2 N–H and O–H groups in total. The number of aliphatic hydroxyl groups excluding tert-OH is 1. The molecule has 3 unspecified atom stereocenters. The number of carbonyl (C=O) groups is 2. The van der Waals surface area contributed by atoms with E-state index in [1.165, 1.54) is 6.92 Å². The van der Waals surface area contributed by atoms with Gasteiger partial charge in [0.05, 0.1) is 32.5 Å². The highest BCUT2D eigenvalue weighted by Crippen LogP contribution is 2.12. The Bertz CT molecular complexity index is 426. The Kier molecular flexibility index (Phi) is 11.7. The number of esters is 1. The third-order valence-electron chi connectivity index (χ3n) is 2.58. The zero-order chi connectivity index (χ0) is 19.4. The van der Waals surface area contributed by atoms with Gasteiger partial charge in [0.25, 0.3) is 0 Å². The summed E-state index contributed by atoms with van der Waals surface area (Å²) in [5.74, 6) is -1.39. The Labute approximate surface area is 148 Å². The van der Waals surface area contributed by atoms with Crippen molar-refractivity contribution in [2.75, 3.05) is 33.0 Å². The fourth-order valence-electron chi connectivity index (χ4n) is 0.979. The summed E-state index contributed by atoms with van der Waals surface area (Å²) in [6.45, 7) is 14.4. The van der Waals surface area contributed by atoms with Crippen molar-refractivity contribution in [3.05, 3.63) is 24.3 Å². The summed E-state index contributed by atoms with van der Waals surface area (Å²) in [6, 6.07) is 0. The van der Waals surface area contributed by atoms with Crippen molar-refractivity contribution in [1.82, 2.24) is 0 Å². The van der Waals surface area contributed by atoms with Crippen LogP contribution >= 0.6 is 0 Å². The van der Waals surface area contributed by atoms with Gasteiger partial charge < -0.3 is 29.2 Å². The number of hydrogen-bond acceptors (Lipinski definition) is 7. The summed E-state index contributed by atoms with van der Waals surface area (Å²) < 4.78 is 19.7. The molecule has 2 fully saturated rings. The minimum absolute atomic E-state index is 0.0334. The van der Waals surface area contributed by atoms with Gasteiger partial charge in [-0.1, -0.05) is 13.2 Å². The first-order chi connectivity index (χ1) is 11.6. The molecule has 8 nitrogen and oxygen atoms in total. The molecular weight excluding hydrogens is 332 g/mol. The number of aliphatic hydroxyl groups is 1. The molecule has 2 saturated heterocycles. The van der Waals surface area contributed by atoms with E-state index in [1.54, 1.807) is 13.8 Å².